The number of aliphatic hydroxyl groups is 1. The minimum Gasteiger partial charge on any atom is -0.390 e. The van der Waals surface area contributed by atoms with Gasteiger partial charge in [0.15, 0.2) is 0 Å². The molecule has 1 aromatic heterocycles. The highest BCUT2D eigenvalue weighted by molar-refractivity contribution is 7.07. The second-order valence-electron chi connectivity index (χ2n) is 3.90. The highest BCUT2D eigenvalue weighted by Gasteiger charge is 2.32. The molecule has 1 saturated heterocycles. The first-order valence-corrected chi connectivity index (χ1v) is 5.83. The highest BCUT2D eigenvalue weighted by atomic mass is 32.1. The lowest BCUT2D eigenvalue weighted by Gasteiger charge is -2.25. The number of aliphatic hydroxyl groups excluding tert-OH is 1. The summed E-state index contributed by atoms with van der Waals surface area (Å²) in [7, 11) is 1.70. The van der Waals surface area contributed by atoms with Crippen molar-refractivity contribution in [3.63, 3.8) is 0 Å². The summed E-state index contributed by atoms with van der Waals surface area (Å²) in [6.07, 6.45) is -0.505. The Balaban J connectivity index is 2.13. The Labute approximate surface area is 97.4 Å². The number of nitrogens with one attached hydrogen (secondary N) is 1. The fraction of sp³-hybridized carbons (Fsp3) is 0.667. The average molecular weight is 242 g/mol. The summed E-state index contributed by atoms with van der Waals surface area (Å²) in [5, 5.41) is 16.5. The van der Waals surface area contributed by atoms with E-state index in [1.54, 1.807) is 18.9 Å². The summed E-state index contributed by atoms with van der Waals surface area (Å²) in [6, 6.07) is -0.172. The summed E-state index contributed by atoms with van der Waals surface area (Å²) >= 11 is 1.09. The third kappa shape index (κ3) is 1.93. The molecular weight excluding hydrogens is 228 g/mol. The van der Waals surface area contributed by atoms with Gasteiger partial charge in [0.2, 0.25) is 0 Å². The van der Waals surface area contributed by atoms with Crippen molar-refractivity contribution in [1.82, 2.24) is 19.8 Å². The standard InChI is InChI=1S/C9H14N4O2S/c1-5-8(16-12-11-5)9(15)13(2)6-3-10-4-7(6)14/h6-7,10,14H,3-4H2,1-2H3/t6-,7-/m0/s1. The van der Waals surface area contributed by atoms with Crippen LogP contribution < -0.4 is 5.32 Å². The van der Waals surface area contributed by atoms with E-state index in [9.17, 15) is 9.90 Å². The Morgan fingerprint density at radius 3 is 2.88 bits per heavy atom. The molecule has 88 valence electrons. The maximum absolute atomic E-state index is 12.1. The van der Waals surface area contributed by atoms with Gasteiger partial charge in [-0.2, -0.15) is 0 Å². The number of nitrogens with zero attached hydrogens (tertiary/aromatic N) is 3. The molecule has 0 bridgehead atoms. The predicted molar refractivity (Wildman–Crippen MR) is 59.4 cm³/mol. The monoisotopic (exact) mass is 242 g/mol. The predicted octanol–water partition coefficient (Wildman–Crippen LogP) is -0.749. The molecule has 0 radical (unpaired) electrons. The van der Waals surface area contributed by atoms with Gasteiger partial charge < -0.3 is 15.3 Å². The van der Waals surface area contributed by atoms with Crippen LogP contribution in [-0.4, -0.2) is 57.8 Å². The molecule has 0 unspecified atom stereocenters. The van der Waals surface area contributed by atoms with E-state index in [0.717, 1.165) is 11.5 Å². The van der Waals surface area contributed by atoms with Gasteiger partial charge in [0.05, 0.1) is 17.8 Å². The zero-order valence-corrected chi connectivity index (χ0v) is 9.99. The van der Waals surface area contributed by atoms with E-state index in [1.165, 1.54) is 0 Å². The van der Waals surface area contributed by atoms with Crippen molar-refractivity contribution in [2.24, 2.45) is 0 Å². The first-order valence-electron chi connectivity index (χ1n) is 5.06. The molecule has 1 fully saturated rings. The quantitative estimate of drug-likeness (QED) is 0.713. The molecule has 16 heavy (non-hydrogen) atoms. The van der Waals surface area contributed by atoms with Crippen LogP contribution in [0.2, 0.25) is 0 Å². The normalized spacial score (nSPS) is 24.7. The summed E-state index contributed by atoms with van der Waals surface area (Å²) in [5.74, 6) is -0.125. The Bertz CT molecular complexity index is 395. The number of carbonyl (C=O) groups is 1. The maximum Gasteiger partial charge on any atom is 0.267 e. The fourth-order valence-corrected chi connectivity index (χ4v) is 2.42. The van der Waals surface area contributed by atoms with Crippen LogP contribution in [0.4, 0.5) is 0 Å². The number of likely N-dealkylation sites (N-methyl/N-ethyl adjacent to an activating group) is 1. The van der Waals surface area contributed by atoms with Crippen LogP contribution in [0.25, 0.3) is 0 Å². The maximum atomic E-state index is 12.1. The highest BCUT2D eigenvalue weighted by Crippen LogP contribution is 2.16. The zero-order chi connectivity index (χ0) is 11.7. The third-order valence-corrected chi connectivity index (χ3v) is 3.63. The van der Waals surface area contributed by atoms with Gasteiger partial charge in [-0.25, -0.2) is 0 Å². The molecule has 1 amide bonds. The van der Waals surface area contributed by atoms with Crippen molar-refractivity contribution in [3.05, 3.63) is 10.6 Å². The second-order valence-corrected chi connectivity index (χ2v) is 4.65. The van der Waals surface area contributed by atoms with E-state index in [0.29, 0.717) is 23.7 Å². The summed E-state index contributed by atoms with van der Waals surface area (Å²) in [4.78, 5) is 14.2. The molecule has 2 rings (SSSR count). The minimum absolute atomic E-state index is 0.125. The Hall–Kier alpha value is -1.05. The largest absolute Gasteiger partial charge is 0.390 e. The average Bonchev–Trinajstić information content (AvgIpc) is 2.85. The summed E-state index contributed by atoms with van der Waals surface area (Å²) in [5.41, 5.74) is 0.641. The molecule has 0 saturated carbocycles. The van der Waals surface area contributed by atoms with Crippen molar-refractivity contribution >= 4 is 17.4 Å². The molecule has 1 aliphatic heterocycles. The van der Waals surface area contributed by atoms with Crippen LogP contribution in [-0.2, 0) is 0 Å². The van der Waals surface area contributed by atoms with Gasteiger partial charge in [-0.15, -0.1) is 5.10 Å². The van der Waals surface area contributed by atoms with E-state index >= 15 is 0 Å². The molecule has 0 aliphatic carbocycles. The molecule has 1 aliphatic rings. The molecule has 0 spiro atoms. The molecule has 6 nitrogen and oxygen atoms in total. The van der Waals surface area contributed by atoms with Gasteiger partial charge in [0, 0.05) is 20.1 Å². The smallest absolute Gasteiger partial charge is 0.267 e. The van der Waals surface area contributed by atoms with Gasteiger partial charge in [-0.05, 0) is 18.5 Å². The van der Waals surface area contributed by atoms with E-state index in [2.05, 4.69) is 14.9 Å². The fourth-order valence-electron chi connectivity index (χ4n) is 1.78. The minimum atomic E-state index is -0.505. The third-order valence-electron chi connectivity index (χ3n) is 2.81. The first-order chi connectivity index (χ1) is 7.61. The lowest BCUT2D eigenvalue weighted by Crippen LogP contribution is -2.44. The number of amides is 1. The van der Waals surface area contributed by atoms with Gasteiger partial charge in [-0.1, -0.05) is 4.49 Å². The lowest BCUT2D eigenvalue weighted by molar-refractivity contribution is 0.0585. The van der Waals surface area contributed by atoms with Gasteiger partial charge in [0.1, 0.15) is 4.88 Å². The molecule has 0 aromatic carbocycles. The molecule has 2 atom stereocenters. The Morgan fingerprint density at radius 1 is 1.62 bits per heavy atom. The SMILES string of the molecule is Cc1nnsc1C(=O)N(C)[C@H]1CNC[C@@H]1O. The van der Waals surface area contributed by atoms with E-state index in [1.807, 2.05) is 0 Å². The number of hydrogen-bond acceptors (Lipinski definition) is 6. The molecular formula is C9H14N4O2S. The lowest BCUT2D eigenvalue weighted by atomic mass is 10.2. The molecule has 2 heterocycles. The topological polar surface area (TPSA) is 78.4 Å². The van der Waals surface area contributed by atoms with Crippen LogP contribution in [0.1, 0.15) is 15.4 Å². The van der Waals surface area contributed by atoms with Crippen molar-refractivity contribution in [1.29, 1.82) is 0 Å². The van der Waals surface area contributed by atoms with Crippen LogP contribution in [0.15, 0.2) is 0 Å². The van der Waals surface area contributed by atoms with Gasteiger partial charge in [-0.3, -0.25) is 4.79 Å². The number of aryl methyl sites for hydroxylation is 1. The molecule has 2 N–H and O–H groups in total. The van der Waals surface area contributed by atoms with E-state index < -0.39 is 6.10 Å². The van der Waals surface area contributed by atoms with Crippen LogP contribution in [0.3, 0.4) is 0 Å². The number of rotatable bonds is 2. The first kappa shape index (κ1) is 11.4. The van der Waals surface area contributed by atoms with E-state index in [4.69, 9.17) is 0 Å². The van der Waals surface area contributed by atoms with Crippen LogP contribution in [0, 0.1) is 6.92 Å². The van der Waals surface area contributed by atoms with Crippen molar-refractivity contribution < 1.29 is 9.90 Å². The zero-order valence-electron chi connectivity index (χ0n) is 9.17. The van der Waals surface area contributed by atoms with Gasteiger partial charge in [0.25, 0.3) is 5.91 Å². The van der Waals surface area contributed by atoms with Crippen molar-refractivity contribution in [3.8, 4) is 0 Å². The Morgan fingerprint density at radius 2 is 2.38 bits per heavy atom. The van der Waals surface area contributed by atoms with Crippen LogP contribution in [0.5, 0.6) is 0 Å². The summed E-state index contributed by atoms with van der Waals surface area (Å²) < 4.78 is 3.74. The van der Waals surface area contributed by atoms with E-state index in [-0.39, 0.29) is 11.9 Å². The number of aromatic nitrogens is 2. The number of β-amino-alcohol motifs (C(OH)–C–C–N with tert-alkyl or cyclic N) is 1. The van der Waals surface area contributed by atoms with Gasteiger partial charge >= 0.3 is 0 Å². The van der Waals surface area contributed by atoms with Crippen molar-refractivity contribution in [2.45, 2.75) is 19.1 Å². The Kier molecular flexibility index (Phi) is 3.17. The van der Waals surface area contributed by atoms with Crippen molar-refractivity contribution in [2.75, 3.05) is 20.1 Å². The van der Waals surface area contributed by atoms with Crippen LogP contribution >= 0.6 is 11.5 Å². The molecule has 7 heteroatoms. The molecule has 1 aromatic rings. The second kappa shape index (κ2) is 4.44. The summed E-state index contributed by atoms with van der Waals surface area (Å²) in [6.45, 7) is 2.91. The number of hydrogen-bond donors (Lipinski definition) is 2. The number of carbonyl (C=O) groups excluding carboxylic acids is 1.